The first kappa shape index (κ1) is 27.4. The highest BCUT2D eigenvalue weighted by molar-refractivity contribution is 5.94. The number of rotatable bonds is 11. The molecule has 2 aromatic carbocycles. The van der Waals surface area contributed by atoms with Crippen molar-refractivity contribution in [3.8, 4) is 0 Å². The van der Waals surface area contributed by atoms with Gasteiger partial charge in [0, 0.05) is 64.1 Å². The van der Waals surface area contributed by atoms with Crippen molar-refractivity contribution in [1.29, 1.82) is 0 Å². The lowest BCUT2D eigenvalue weighted by atomic mass is 10.1. The molecule has 8 nitrogen and oxygen atoms in total. The summed E-state index contributed by atoms with van der Waals surface area (Å²) in [4.78, 5) is 29.3. The van der Waals surface area contributed by atoms with Crippen molar-refractivity contribution >= 4 is 17.7 Å². The Morgan fingerprint density at radius 2 is 1.92 bits per heavy atom. The van der Waals surface area contributed by atoms with Gasteiger partial charge in [-0.05, 0) is 43.2 Å². The van der Waals surface area contributed by atoms with Gasteiger partial charge in [0.05, 0.1) is 12.7 Å². The van der Waals surface area contributed by atoms with Gasteiger partial charge in [-0.1, -0.05) is 42.5 Å². The number of nitrogens with one attached hydrogen (secondary N) is 3. The topological polar surface area (TPSA) is 85.9 Å². The molecule has 8 heteroatoms. The number of piperazine rings is 1. The third-order valence-corrected chi connectivity index (χ3v) is 6.27. The normalized spacial score (nSPS) is 14.6. The van der Waals surface area contributed by atoms with E-state index in [-0.39, 0.29) is 12.1 Å². The van der Waals surface area contributed by atoms with E-state index in [1.54, 1.807) is 29.2 Å². The van der Waals surface area contributed by atoms with E-state index in [2.05, 4.69) is 65.5 Å². The number of carbonyl (C=O) groups is 2. The van der Waals surface area contributed by atoms with Crippen LogP contribution in [0.25, 0.3) is 0 Å². The molecular weight excluding hydrogens is 454 g/mol. The van der Waals surface area contributed by atoms with Gasteiger partial charge in [0.25, 0.3) is 0 Å². The molecule has 1 fully saturated rings. The third kappa shape index (κ3) is 8.48. The molecule has 1 heterocycles. The first-order valence-electron chi connectivity index (χ1n) is 12.5. The van der Waals surface area contributed by atoms with E-state index >= 15 is 0 Å². The number of ether oxygens (including phenoxy) is 1. The minimum absolute atomic E-state index is 0.163. The molecule has 1 aliphatic rings. The summed E-state index contributed by atoms with van der Waals surface area (Å²) in [5.74, 6) is -0.443. The van der Waals surface area contributed by atoms with Gasteiger partial charge in [-0.25, -0.2) is 9.59 Å². The van der Waals surface area contributed by atoms with Crippen LogP contribution in [0.1, 0.15) is 34.5 Å². The van der Waals surface area contributed by atoms with E-state index in [4.69, 9.17) is 4.74 Å². The van der Waals surface area contributed by atoms with Crippen LogP contribution in [0.4, 0.5) is 10.5 Å². The minimum Gasteiger partial charge on any atom is -0.465 e. The Bertz CT molecular complexity index is 1040. The average Bonchev–Trinajstić information content (AvgIpc) is 2.88. The summed E-state index contributed by atoms with van der Waals surface area (Å²) in [7, 11) is 1.34. The number of hydrogen-bond donors (Lipinski definition) is 3. The van der Waals surface area contributed by atoms with E-state index in [1.807, 2.05) is 0 Å². The molecule has 1 unspecified atom stereocenters. The average molecular weight is 494 g/mol. The zero-order valence-corrected chi connectivity index (χ0v) is 21.7. The summed E-state index contributed by atoms with van der Waals surface area (Å²) in [6.07, 6.45) is 0. The Morgan fingerprint density at radius 3 is 2.64 bits per heavy atom. The van der Waals surface area contributed by atoms with Gasteiger partial charge in [-0.2, -0.15) is 0 Å². The van der Waals surface area contributed by atoms with Gasteiger partial charge in [0.2, 0.25) is 0 Å². The molecule has 0 bridgehead atoms. The van der Waals surface area contributed by atoms with Crippen LogP contribution < -0.4 is 16.0 Å². The number of hydrogen-bond acceptors (Lipinski definition) is 6. The fraction of sp³-hybridized carbons (Fsp3) is 0.429. The van der Waals surface area contributed by atoms with Crippen molar-refractivity contribution in [2.45, 2.75) is 19.9 Å². The van der Waals surface area contributed by atoms with Crippen LogP contribution in [0, 0.1) is 6.92 Å². The van der Waals surface area contributed by atoms with Gasteiger partial charge in [-0.3, -0.25) is 4.90 Å². The van der Waals surface area contributed by atoms with Crippen LogP contribution in [0.15, 0.2) is 60.7 Å². The van der Waals surface area contributed by atoms with Crippen LogP contribution in [-0.4, -0.2) is 81.3 Å². The number of methoxy groups -OCH3 is 1. The summed E-state index contributed by atoms with van der Waals surface area (Å²) in [5.41, 5.74) is 4.36. The van der Waals surface area contributed by atoms with Gasteiger partial charge in [0.15, 0.2) is 0 Å². The molecule has 3 rings (SSSR count). The molecule has 3 N–H and O–H groups in total. The van der Waals surface area contributed by atoms with Crippen molar-refractivity contribution in [2.75, 3.05) is 64.8 Å². The molecule has 36 heavy (non-hydrogen) atoms. The number of benzene rings is 2. The molecule has 1 aliphatic heterocycles. The summed E-state index contributed by atoms with van der Waals surface area (Å²) in [6.45, 7) is 14.7. The summed E-state index contributed by atoms with van der Waals surface area (Å²) in [5, 5.41) is 9.82. The number of anilines is 1. The molecule has 0 saturated carbocycles. The van der Waals surface area contributed by atoms with Gasteiger partial charge >= 0.3 is 12.0 Å². The molecule has 194 valence electrons. The Hall–Kier alpha value is -3.20. The summed E-state index contributed by atoms with van der Waals surface area (Å²) in [6, 6.07) is 15.1. The molecule has 0 aliphatic carbocycles. The molecule has 0 aromatic heterocycles. The number of carbonyl (C=O) groups excluding carboxylic acids is 2. The van der Waals surface area contributed by atoms with Crippen LogP contribution >= 0.6 is 0 Å². The highest BCUT2D eigenvalue weighted by Gasteiger charge is 2.18. The van der Waals surface area contributed by atoms with Crippen LogP contribution in [0.2, 0.25) is 0 Å². The molecule has 1 saturated heterocycles. The SMILES string of the molecule is C=C(CN1CCNCC1)CN(CCNC(C)c1cccc(C)c1)C(=O)Nc1cccc(C(=O)OC)c1. The van der Waals surface area contributed by atoms with Crippen molar-refractivity contribution in [2.24, 2.45) is 0 Å². The maximum atomic E-state index is 13.3. The molecule has 2 aromatic rings. The van der Waals surface area contributed by atoms with Gasteiger partial charge < -0.3 is 25.6 Å². The van der Waals surface area contributed by atoms with Crippen molar-refractivity contribution in [1.82, 2.24) is 20.4 Å². The van der Waals surface area contributed by atoms with Crippen LogP contribution in [-0.2, 0) is 4.74 Å². The molecule has 0 spiro atoms. The number of urea groups is 1. The van der Waals surface area contributed by atoms with E-state index in [1.165, 1.54) is 18.2 Å². The van der Waals surface area contributed by atoms with E-state index in [9.17, 15) is 9.59 Å². The highest BCUT2D eigenvalue weighted by atomic mass is 16.5. The maximum absolute atomic E-state index is 13.3. The highest BCUT2D eigenvalue weighted by Crippen LogP contribution is 2.15. The Morgan fingerprint density at radius 1 is 1.17 bits per heavy atom. The largest absolute Gasteiger partial charge is 0.465 e. The second-order valence-electron chi connectivity index (χ2n) is 9.29. The summed E-state index contributed by atoms with van der Waals surface area (Å²) >= 11 is 0. The molecule has 1 atom stereocenters. The summed E-state index contributed by atoms with van der Waals surface area (Å²) < 4.78 is 4.80. The van der Waals surface area contributed by atoms with E-state index in [0.717, 1.165) is 38.3 Å². The number of amides is 2. The number of esters is 1. The van der Waals surface area contributed by atoms with Crippen LogP contribution in [0.3, 0.4) is 0 Å². The van der Waals surface area contributed by atoms with Gasteiger partial charge in [-0.15, -0.1) is 0 Å². The zero-order chi connectivity index (χ0) is 25.9. The second-order valence-corrected chi connectivity index (χ2v) is 9.29. The lowest BCUT2D eigenvalue weighted by Gasteiger charge is -2.30. The minimum atomic E-state index is -0.443. The first-order chi connectivity index (χ1) is 17.4. The quantitative estimate of drug-likeness (QED) is 0.329. The number of aryl methyl sites for hydroxylation is 1. The van der Waals surface area contributed by atoms with E-state index < -0.39 is 5.97 Å². The fourth-order valence-corrected chi connectivity index (χ4v) is 4.28. The second kappa shape index (κ2) is 13.8. The predicted molar refractivity (Wildman–Crippen MR) is 144 cm³/mol. The molecule has 2 amide bonds. The zero-order valence-electron chi connectivity index (χ0n) is 21.7. The maximum Gasteiger partial charge on any atom is 0.337 e. The van der Waals surface area contributed by atoms with E-state index in [0.29, 0.717) is 30.9 Å². The Kier molecular flexibility index (Phi) is 10.5. The Balaban J connectivity index is 1.63. The standard InChI is InChI=1S/C28H39N5O3/c1-21-7-5-8-24(17-21)23(3)30-13-16-33(20-22(2)19-32-14-11-29-12-15-32)28(35)31-26-10-6-9-25(18-26)27(34)36-4/h5-10,17-18,23,29-30H,2,11-16,19-20H2,1,3-4H3,(H,31,35). The monoisotopic (exact) mass is 493 g/mol. The number of nitrogens with zero attached hydrogens (tertiary/aromatic N) is 2. The predicted octanol–water partition coefficient (Wildman–Crippen LogP) is 3.43. The van der Waals surface area contributed by atoms with Crippen molar-refractivity contribution in [3.05, 3.63) is 77.4 Å². The van der Waals surface area contributed by atoms with Crippen molar-refractivity contribution in [3.63, 3.8) is 0 Å². The fourth-order valence-electron chi connectivity index (χ4n) is 4.28. The Labute approximate surface area is 214 Å². The lowest BCUT2D eigenvalue weighted by molar-refractivity contribution is 0.0600. The molecule has 0 radical (unpaired) electrons. The van der Waals surface area contributed by atoms with Crippen molar-refractivity contribution < 1.29 is 14.3 Å². The lowest BCUT2D eigenvalue weighted by Crippen LogP contribution is -2.46. The third-order valence-electron chi connectivity index (χ3n) is 6.27. The first-order valence-corrected chi connectivity index (χ1v) is 12.5. The smallest absolute Gasteiger partial charge is 0.337 e. The van der Waals surface area contributed by atoms with Crippen LogP contribution in [0.5, 0.6) is 0 Å². The molecular formula is C28H39N5O3. The van der Waals surface area contributed by atoms with Gasteiger partial charge in [0.1, 0.15) is 0 Å².